The highest BCUT2D eigenvalue weighted by Crippen LogP contribution is 2.33. The number of fused-ring (bicyclic) bond motifs is 4. The summed E-state index contributed by atoms with van der Waals surface area (Å²) in [6.07, 6.45) is 4.50. The molecule has 0 bridgehead atoms. The van der Waals surface area contributed by atoms with Crippen LogP contribution in [0.25, 0.3) is 22.9 Å². The predicted molar refractivity (Wildman–Crippen MR) is 110 cm³/mol. The zero-order valence-electron chi connectivity index (χ0n) is 14.7. The quantitative estimate of drug-likeness (QED) is 0.394. The third kappa shape index (κ3) is 2.37. The lowest BCUT2D eigenvalue weighted by Crippen LogP contribution is -2.97. The van der Waals surface area contributed by atoms with E-state index in [1.807, 2.05) is 0 Å². The Bertz CT molecular complexity index is 1150. The van der Waals surface area contributed by atoms with Crippen molar-refractivity contribution in [2.75, 3.05) is 0 Å². The standard InChI is InChI=1S/C25H19N/c1-18-7-6-10-22(17-18)26-24-12-5-3-9-20(24)14-16-21-15-13-19-8-2-4-11-23(19)25(21)26/h2-17H,1H3/p+1. The van der Waals surface area contributed by atoms with Gasteiger partial charge in [-0.2, -0.15) is 0 Å². The van der Waals surface area contributed by atoms with Crippen molar-refractivity contribution in [3.8, 4) is 0 Å². The average molecular weight is 334 g/mol. The second-order valence-electron chi connectivity index (χ2n) is 6.92. The van der Waals surface area contributed by atoms with Crippen LogP contribution in [-0.2, 0) is 0 Å². The number of quaternary nitrogens is 1. The van der Waals surface area contributed by atoms with Crippen LogP contribution in [0.5, 0.6) is 0 Å². The fourth-order valence-corrected chi connectivity index (χ4v) is 3.99. The summed E-state index contributed by atoms with van der Waals surface area (Å²) in [5.41, 5.74) is 7.73. The predicted octanol–water partition coefficient (Wildman–Crippen LogP) is 5.81. The highest BCUT2D eigenvalue weighted by molar-refractivity contribution is 5.97. The first kappa shape index (κ1) is 15.1. The molecule has 1 heteroatoms. The van der Waals surface area contributed by atoms with E-state index >= 15 is 0 Å². The molecule has 5 rings (SSSR count). The molecule has 0 saturated carbocycles. The summed E-state index contributed by atoms with van der Waals surface area (Å²) >= 11 is 0. The third-order valence-electron chi connectivity index (χ3n) is 5.19. The average Bonchev–Trinajstić information content (AvgIpc) is 2.85. The lowest BCUT2D eigenvalue weighted by molar-refractivity contribution is -0.680. The van der Waals surface area contributed by atoms with Gasteiger partial charge in [-0.3, -0.25) is 0 Å². The SMILES string of the molecule is Cc1cccc([NH+]2c3ccccc3C=Cc3ccc4ccccc4c32)c1. The monoisotopic (exact) mass is 334 g/mol. The van der Waals surface area contributed by atoms with Gasteiger partial charge >= 0.3 is 0 Å². The fourth-order valence-electron chi connectivity index (χ4n) is 3.99. The van der Waals surface area contributed by atoms with Crippen LogP contribution in [0.2, 0.25) is 0 Å². The van der Waals surface area contributed by atoms with Gasteiger partial charge in [-0.05, 0) is 54.3 Å². The van der Waals surface area contributed by atoms with Gasteiger partial charge < -0.3 is 0 Å². The van der Waals surface area contributed by atoms with Crippen LogP contribution in [0.1, 0.15) is 16.7 Å². The number of para-hydroxylation sites is 1. The number of nitrogens with one attached hydrogen (secondary N) is 1. The van der Waals surface area contributed by atoms with E-state index in [1.165, 1.54) is 49.4 Å². The van der Waals surface area contributed by atoms with E-state index in [2.05, 4.69) is 104 Å². The molecule has 1 heterocycles. The van der Waals surface area contributed by atoms with Gasteiger partial charge in [-0.25, -0.2) is 4.90 Å². The molecular weight excluding hydrogens is 314 g/mol. The van der Waals surface area contributed by atoms with Crippen LogP contribution < -0.4 is 4.90 Å². The molecule has 0 saturated heterocycles. The molecule has 0 amide bonds. The molecular formula is C25H20N+. The molecule has 0 aliphatic carbocycles. The smallest absolute Gasteiger partial charge is 0.156 e. The molecule has 1 atom stereocenters. The summed E-state index contributed by atoms with van der Waals surface area (Å²) < 4.78 is 0. The maximum atomic E-state index is 2.29. The van der Waals surface area contributed by atoms with E-state index in [0.29, 0.717) is 0 Å². The van der Waals surface area contributed by atoms with Gasteiger partial charge in [0.05, 0.1) is 0 Å². The highest BCUT2D eigenvalue weighted by atomic mass is 15.1. The molecule has 0 spiro atoms. The van der Waals surface area contributed by atoms with E-state index < -0.39 is 0 Å². The fraction of sp³-hybridized carbons (Fsp3) is 0.0400. The molecule has 124 valence electrons. The number of hydrogen-bond acceptors (Lipinski definition) is 0. The van der Waals surface area contributed by atoms with Crippen LogP contribution >= 0.6 is 0 Å². The Balaban J connectivity index is 1.91. The second kappa shape index (κ2) is 5.98. The molecule has 0 aromatic heterocycles. The zero-order valence-corrected chi connectivity index (χ0v) is 14.7. The summed E-state index contributed by atoms with van der Waals surface area (Å²) in [7, 11) is 0. The first-order chi connectivity index (χ1) is 12.8. The molecule has 0 radical (unpaired) electrons. The van der Waals surface area contributed by atoms with Gasteiger partial charge in [0, 0.05) is 28.6 Å². The van der Waals surface area contributed by atoms with Crippen LogP contribution in [0.4, 0.5) is 17.1 Å². The largest absolute Gasteiger partial charge is 0.236 e. The zero-order chi connectivity index (χ0) is 17.5. The maximum absolute atomic E-state index is 2.29. The number of benzene rings is 4. The van der Waals surface area contributed by atoms with Crippen molar-refractivity contribution in [2.24, 2.45) is 0 Å². The Labute approximate surface area is 153 Å². The van der Waals surface area contributed by atoms with Gasteiger partial charge in [-0.15, -0.1) is 0 Å². The minimum Gasteiger partial charge on any atom is -0.236 e. The topological polar surface area (TPSA) is 4.44 Å². The van der Waals surface area contributed by atoms with E-state index in [0.717, 1.165) is 0 Å². The lowest BCUT2D eigenvalue weighted by Gasteiger charge is -2.22. The van der Waals surface area contributed by atoms with Crippen LogP contribution in [0, 0.1) is 6.92 Å². The van der Waals surface area contributed by atoms with Crippen LogP contribution in [0.15, 0.2) is 84.9 Å². The van der Waals surface area contributed by atoms with Crippen molar-refractivity contribution >= 4 is 40.0 Å². The van der Waals surface area contributed by atoms with E-state index in [9.17, 15) is 0 Å². The molecule has 26 heavy (non-hydrogen) atoms. The lowest BCUT2D eigenvalue weighted by atomic mass is 10.0. The maximum Gasteiger partial charge on any atom is 0.156 e. The van der Waals surface area contributed by atoms with Gasteiger partial charge in [0.2, 0.25) is 0 Å². The van der Waals surface area contributed by atoms with Crippen molar-refractivity contribution in [2.45, 2.75) is 6.92 Å². The van der Waals surface area contributed by atoms with Gasteiger partial charge in [-0.1, -0.05) is 48.5 Å². The Hall–Kier alpha value is -3.16. The summed E-state index contributed by atoms with van der Waals surface area (Å²) in [6.45, 7) is 2.16. The Morgan fingerprint density at radius 3 is 2.38 bits per heavy atom. The van der Waals surface area contributed by atoms with Crippen LogP contribution in [0.3, 0.4) is 0 Å². The number of rotatable bonds is 1. The normalized spacial score (nSPS) is 15.3. The summed E-state index contributed by atoms with van der Waals surface area (Å²) in [6, 6.07) is 30.7. The number of hydrogen-bond donors (Lipinski definition) is 1. The van der Waals surface area contributed by atoms with Gasteiger partial charge in [0.1, 0.15) is 11.4 Å². The summed E-state index contributed by atoms with van der Waals surface area (Å²) in [5.74, 6) is 0. The second-order valence-corrected chi connectivity index (χ2v) is 6.92. The molecule has 1 unspecified atom stereocenters. The van der Waals surface area contributed by atoms with Crippen molar-refractivity contribution < 1.29 is 4.90 Å². The molecule has 4 aromatic carbocycles. The third-order valence-corrected chi connectivity index (χ3v) is 5.19. The molecule has 1 N–H and O–H groups in total. The first-order valence-electron chi connectivity index (χ1n) is 9.05. The van der Waals surface area contributed by atoms with E-state index in [1.54, 1.807) is 0 Å². The van der Waals surface area contributed by atoms with Crippen molar-refractivity contribution in [3.63, 3.8) is 0 Å². The Kier molecular flexibility index (Phi) is 3.48. The van der Waals surface area contributed by atoms with E-state index in [-0.39, 0.29) is 0 Å². The van der Waals surface area contributed by atoms with Crippen molar-refractivity contribution in [3.05, 3.63) is 102 Å². The minimum atomic E-state index is 1.27. The van der Waals surface area contributed by atoms with Gasteiger partial charge in [0.15, 0.2) is 5.69 Å². The van der Waals surface area contributed by atoms with Crippen molar-refractivity contribution in [1.82, 2.24) is 0 Å². The Morgan fingerprint density at radius 1 is 0.654 bits per heavy atom. The number of aryl methyl sites for hydroxylation is 1. The first-order valence-corrected chi connectivity index (χ1v) is 9.05. The molecule has 1 aliphatic rings. The molecule has 1 aliphatic heterocycles. The van der Waals surface area contributed by atoms with Crippen LogP contribution in [-0.4, -0.2) is 0 Å². The molecule has 4 aromatic rings. The molecule has 0 fully saturated rings. The summed E-state index contributed by atoms with van der Waals surface area (Å²) in [4.78, 5) is 1.32. The van der Waals surface area contributed by atoms with Crippen molar-refractivity contribution in [1.29, 1.82) is 0 Å². The Morgan fingerprint density at radius 2 is 1.46 bits per heavy atom. The summed E-state index contributed by atoms with van der Waals surface area (Å²) in [5, 5.41) is 2.59. The van der Waals surface area contributed by atoms with E-state index in [4.69, 9.17) is 0 Å². The molecule has 1 nitrogen and oxygen atoms in total. The van der Waals surface area contributed by atoms with Gasteiger partial charge in [0.25, 0.3) is 0 Å². The highest BCUT2D eigenvalue weighted by Gasteiger charge is 2.27. The minimum absolute atomic E-state index is 1.27.